The fraction of sp³-hybridized carbons (Fsp3) is 0.800. The molecule has 6 nitrogen and oxygen atoms in total. The lowest BCUT2D eigenvalue weighted by Crippen LogP contribution is -2.37. The maximum absolute atomic E-state index is 11.3. The van der Waals surface area contributed by atoms with Crippen LogP contribution in [-0.2, 0) is 23.4 Å². The summed E-state index contributed by atoms with van der Waals surface area (Å²) in [5.74, 6) is 2.36. The Morgan fingerprint density at radius 1 is 1.35 bits per heavy atom. The molecule has 0 aliphatic carbocycles. The third kappa shape index (κ3) is 3.04. The van der Waals surface area contributed by atoms with E-state index in [2.05, 4.69) is 15.5 Å². The van der Waals surface area contributed by atoms with Crippen LogP contribution in [0.25, 0.3) is 0 Å². The highest BCUT2D eigenvalue weighted by Gasteiger charge is 2.23. The first-order chi connectivity index (χ1) is 7.98. The van der Waals surface area contributed by atoms with E-state index in [4.69, 9.17) is 0 Å². The van der Waals surface area contributed by atoms with E-state index in [-0.39, 0.29) is 6.04 Å². The molecule has 1 N–H and O–H groups in total. The van der Waals surface area contributed by atoms with E-state index in [0.29, 0.717) is 30.9 Å². The first-order valence-electron chi connectivity index (χ1n) is 5.76. The molecule has 0 unspecified atom stereocenters. The summed E-state index contributed by atoms with van der Waals surface area (Å²) < 4.78 is 24.5. The number of aromatic nitrogens is 3. The van der Waals surface area contributed by atoms with Gasteiger partial charge in [0.1, 0.15) is 21.5 Å². The average Bonchev–Trinajstić information content (AvgIpc) is 2.59. The van der Waals surface area contributed by atoms with E-state index in [1.54, 1.807) is 0 Å². The zero-order chi connectivity index (χ0) is 12.5. The molecule has 1 saturated heterocycles. The van der Waals surface area contributed by atoms with Crippen LogP contribution in [0.2, 0.25) is 0 Å². The van der Waals surface area contributed by atoms with Crippen LogP contribution in [0.4, 0.5) is 0 Å². The van der Waals surface area contributed by atoms with Crippen molar-refractivity contribution in [3.05, 3.63) is 11.6 Å². The summed E-state index contributed by atoms with van der Waals surface area (Å²) in [6.45, 7) is 2.55. The molecule has 1 fully saturated rings. The Kier molecular flexibility index (Phi) is 3.48. The third-order valence-corrected chi connectivity index (χ3v) is 5.00. The van der Waals surface area contributed by atoms with Crippen LogP contribution in [-0.4, -0.2) is 40.7 Å². The van der Waals surface area contributed by atoms with E-state index in [9.17, 15) is 8.42 Å². The van der Waals surface area contributed by atoms with Gasteiger partial charge in [-0.15, -0.1) is 10.2 Å². The van der Waals surface area contributed by atoms with Crippen molar-refractivity contribution < 1.29 is 8.42 Å². The van der Waals surface area contributed by atoms with Gasteiger partial charge in [-0.3, -0.25) is 0 Å². The van der Waals surface area contributed by atoms with Crippen LogP contribution in [0.3, 0.4) is 0 Å². The van der Waals surface area contributed by atoms with Gasteiger partial charge in [0.05, 0.1) is 18.1 Å². The molecule has 1 aromatic rings. The van der Waals surface area contributed by atoms with Crippen LogP contribution in [0.15, 0.2) is 0 Å². The standard InChI is InChI=1S/C10H18N4O2S/c1-8-12-13-10(14(8)2)7-11-9-3-5-17(15,16)6-4-9/h9,11H,3-7H2,1-2H3. The highest BCUT2D eigenvalue weighted by Crippen LogP contribution is 2.12. The molecule has 0 aromatic carbocycles. The third-order valence-electron chi connectivity index (χ3n) is 3.29. The smallest absolute Gasteiger partial charge is 0.150 e. The maximum atomic E-state index is 11.3. The molecule has 2 rings (SSSR count). The van der Waals surface area contributed by atoms with Gasteiger partial charge < -0.3 is 9.88 Å². The summed E-state index contributed by atoms with van der Waals surface area (Å²) >= 11 is 0. The minimum absolute atomic E-state index is 0.274. The summed E-state index contributed by atoms with van der Waals surface area (Å²) in [6, 6.07) is 0.274. The van der Waals surface area contributed by atoms with Crippen molar-refractivity contribution in [3.8, 4) is 0 Å². The normalized spacial score (nSPS) is 20.6. The van der Waals surface area contributed by atoms with E-state index < -0.39 is 9.84 Å². The molecule has 1 aliphatic heterocycles. The lowest BCUT2D eigenvalue weighted by molar-refractivity contribution is 0.453. The average molecular weight is 258 g/mol. The number of rotatable bonds is 3. The topological polar surface area (TPSA) is 76.9 Å². The molecule has 2 heterocycles. The highest BCUT2D eigenvalue weighted by atomic mass is 32.2. The summed E-state index contributed by atoms with van der Waals surface area (Å²) in [4.78, 5) is 0. The molecule has 0 saturated carbocycles. The van der Waals surface area contributed by atoms with Gasteiger partial charge in [-0.2, -0.15) is 0 Å². The van der Waals surface area contributed by atoms with Crippen LogP contribution in [0.1, 0.15) is 24.5 Å². The number of nitrogens with one attached hydrogen (secondary N) is 1. The first-order valence-corrected chi connectivity index (χ1v) is 7.59. The van der Waals surface area contributed by atoms with Gasteiger partial charge in [0.15, 0.2) is 0 Å². The maximum Gasteiger partial charge on any atom is 0.150 e. The van der Waals surface area contributed by atoms with Gasteiger partial charge in [-0.25, -0.2) is 8.42 Å². The summed E-state index contributed by atoms with van der Waals surface area (Å²) in [5.41, 5.74) is 0. The fourth-order valence-electron chi connectivity index (χ4n) is 1.93. The van der Waals surface area contributed by atoms with Gasteiger partial charge in [0, 0.05) is 13.1 Å². The van der Waals surface area contributed by atoms with Crippen LogP contribution in [0.5, 0.6) is 0 Å². The SMILES string of the molecule is Cc1nnc(CNC2CCS(=O)(=O)CC2)n1C. The Bertz CT molecular complexity index is 480. The highest BCUT2D eigenvalue weighted by molar-refractivity contribution is 7.91. The van der Waals surface area contributed by atoms with Crippen LogP contribution < -0.4 is 5.32 Å². The van der Waals surface area contributed by atoms with E-state index >= 15 is 0 Å². The Balaban J connectivity index is 1.86. The van der Waals surface area contributed by atoms with Crippen LogP contribution in [0, 0.1) is 6.92 Å². The minimum atomic E-state index is -2.78. The number of sulfone groups is 1. The number of aryl methyl sites for hydroxylation is 1. The zero-order valence-electron chi connectivity index (χ0n) is 10.2. The van der Waals surface area contributed by atoms with Gasteiger partial charge in [-0.05, 0) is 19.8 Å². The minimum Gasteiger partial charge on any atom is -0.317 e. The fourth-order valence-corrected chi connectivity index (χ4v) is 3.43. The molecule has 1 aromatic heterocycles. The van der Waals surface area contributed by atoms with Gasteiger partial charge in [0.2, 0.25) is 0 Å². The first kappa shape index (κ1) is 12.5. The summed E-state index contributed by atoms with van der Waals surface area (Å²) in [6.07, 6.45) is 1.39. The molecule has 0 amide bonds. The quantitative estimate of drug-likeness (QED) is 0.812. The second-order valence-corrected chi connectivity index (χ2v) is 6.83. The van der Waals surface area contributed by atoms with Gasteiger partial charge >= 0.3 is 0 Å². The lowest BCUT2D eigenvalue weighted by Gasteiger charge is -2.22. The zero-order valence-corrected chi connectivity index (χ0v) is 11.0. The van der Waals surface area contributed by atoms with E-state index in [1.165, 1.54) is 0 Å². The van der Waals surface area contributed by atoms with E-state index in [0.717, 1.165) is 11.6 Å². The number of hydrogen-bond acceptors (Lipinski definition) is 5. The van der Waals surface area contributed by atoms with Gasteiger partial charge in [0.25, 0.3) is 0 Å². The number of hydrogen-bond donors (Lipinski definition) is 1. The molecular formula is C10H18N4O2S. The molecule has 0 radical (unpaired) electrons. The molecule has 0 atom stereocenters. The van der Waals surface area contributed by atoms with Crippen molar-refractivity contribution in [2.24, 2.45) is 7.05 Å². The second kappa shape index (κ2) is 4.73. The van der Waals surface area contributed by atoms with Gasteiger partial charge in [-0.1, -0.05) is 0 Å². The Hall–Kier alpha value is -0.950. The molecular weight excluding hydrogens is 240 g/mol. The molecule has 1 aliphatic rings. The van der Waals surface area contributed by atoms with Crippen molar-refractivity contribution >= 4 is 9.84 Å². The molecule has 0 spiro atoms. The Labute approximate surface area is 101 Å². The Morgan fingerprint density at radius 2 is 2.00 bits per heavy atom. The summed E-state index contributed by atoms with van der Waals surface area (Å²) in [5, 5.41) is 11.4. The molecule has 7 heteroatoms. The molecule has 0 bridgehead atoms. The molecule has 17 heavy (non-hydrogen) atoms. The van der Waals surface area contributed by atoms with Crippen molar-refractivity contribution in [2.75, 3.05) is 11.5 Å². The van der Waals surface area contributed by atoms with Crippen molar-refractivity contribution in [1.82, 2.24) is 20.1 Å². The summed E-state index contributed by atoms with van der Waals surface area (Å²) in [7, 11) is -0.848. The number of nitrogens with zero attached hydrogens (tertiary/aromatic N) is 3. The lowest BCUT2D eigenvalue weighted by atomic mass is 10.1. The predicted molar refractivity (Wildman–Crippen MR) is 64.3 cm³/mol. The van der Waals surface area contributed by atoms with E-state index in [1.807, 2.05) is 18.5 Å². The second-order valence-electron chi connectivity index (χ2n) is 4.53. The van der Waals surface area contributed by atoms with Crippen molar-refractivity contribution in [2.45, 2.75) is 32.4 Å². The van der Waals surface area contributed by atoms with Crippen LogP contribution >= 0.6 is 0 Å². The predicted octanol–water partition coefficient (Wildman–Crippen LogP) is -0.210. The largest absolute Gasteiger partial charge is 0.317 e. The monoisotopic (exact) mass is 258 g/mol. The van der Waals surface area contributed by atoms with Crippen molar-refractivity contribution in [1.29, 1.82) is 0 Å². The Morgan fingerprint density at radius 3 is 2.53 bits per heavy atom. The molecule has 96 valence electrons. The van der Waals surface area contributed by atoms with Crippen molar-refractivity contribution in [3.63, 3.8) is 0 Å².